The fraction of sp³-hybridized carbons (Fsp3) is 0.615. The Morgan fingerprint density at radius 2 is 2.10 bits per heavy atom. The minimum Gasteiger partial charge on any atom is -0.465 e. The van der Waals surface area contributed by atoms with Crippen molar-refractivity contribution in [2.24, 2.45) is 11.7 Å². The summed E-state index contributed by atoms with van der Waals surface area (Å²) in [5.41, 5.74) is 6.22. The highest BCUT2D eigenvalue weighted by Crippen LogP contribution is 2.32. The number of carbonyl (C=O) groups is 1. The molecule has 1 aliphatic rings. The van der Waals surface area contributed by atoms with Crippen LogP contribution in [0.15, 0.2) is 10.3 Å². The number of methoxy groups -OCH3 is 1. The largest absolute Gasteiger partial charge is 0.465 e. The lowest BCUT2D eigenvalue weighted by molar-refractivity contribution is 0.0602. The first-order valence-corrected chi connectivity index (χ1v) is 9.10. The van der Waals surface area contributed by atoms with Crippen molar-refractivity contribution in [3.8, 4) is 0 Å². The lowest BCUT2D eigenvalue weighted by Crippen LogP contribution is -2.40. The highest BCUT2D eigenvalue weighted by atomic mass is 32.2. The first-order chi connectivity index (χ1) is 9.91. The predicted molar refractivity (Wildman–Crippen MR) is 80.9 cm³/mol. The van der Waals surface area contributed by atoms with Gasteiger partial charge in [0.25, 0.3) is 0 Å². The summed E-state index contributed by atoms with van der Waals surface area (Å²) in [5.74, 6) is -0.233. The number of esters is 1. The summed E-state index contributed by atoms with van der Waals surface area (Å²) < 4.78 is 31.7. The van der Waals surface area contributed by atoms with Gasteiger partial charge in [-0.05, 0) is 43.2 Å². The third-order valence-electron chi connectivity index (χ3n) is 3.79. The first-order valence-electron chi connectivity index (χ1n) is 6.78. The number of sulfonamides is 1. The van der Waals surface area contributed by atoms with E-state index in [4.69, 9.17) is 5.73 Å². The van der Waals surface area contributed by atoms with Gasteiger partial charge in [-0.2, -0.15) is 4.31 Å². The van der Waals surface area contributed by atoms with Crippen molar-refractivity contribution in [2.45, 2.75) is 24.7 Å². The SMILES string of the molecule is COC(=O)c1scc(C)c1S(=O)(=O)N1CCC(CN)CC1. The summed E-state index contributed by atoms with van der Waals surface area (Å²) in [6.45, 7) is 3.17. The maximum atomic E-state index is 12.8. The van der Waals surface area contributed by atoms with E-state index in [2.05, 4.69) is 4.74 Å². The third-order valence-corrected chi connectivity index (χ3v) is 7.09. The molecule has 0 spiro atoms. The van der Waals surface area contributed by atoms with Gasteiger partial charge in [-0.3, -0.25) is 0 Å². The maximum absolute atomic E-state index is 12.8. The maximum Gasteiger partial charge on any atom is 0.349 e. The molecule has 6 nitrogen and oxygen atoms in total. The van der Waals surface area contributed by atoms with E-state index in [0.717, 1.165) is 24.2 Å². The number of carbonyl (C=O) groups excluding carboxylic acids is 1. The van der Waals surface area contributed by atoms with Crippen LogP contribution in [0.2, 0.25) is 0 Å². The number of rotatable bonds is 4. The number of thiophene rings is 1. The summed E-state index contributed by atoms with van der Waals surface area (Å²) in [5, 5.41) is 1.67. The van der Waals surface area contributed by atoms with Gasteiger partial charge >= 0.3 is 5.97 Å². The molecule has 0 atom stereocenters. The number of hydrogen-bond donors (Lipinski definition) is 1. The molecule has 1 aromatic heterocycles. The summed E-state index contributed by atoms with van der Waals surface area (Å²) in [4.78, 5) is 12.0. The number of aryl methyl sites for hydroxylation is 1. The van der Waals surface area contributed by atoms with E-state index in [1.54, 1.807) is 12.3 Å². The van der Waals surface area contributed by atoms with Crippen molar-refractivity contribution in [3.63, 3.8) is 0 Å². The Hall–Kier alpha value is -0.960. The first kappa shape index (κ1) is 16.4. The highest BCUT2D eigenvalue weighted by molar-refractivity contribution is 7.89. The number of piperidine rings is 1. The zero-order valence-corrected chi connectivity index (χ0v) is 13.8. The molecule has 1 fully saturated rings. The lowest BCUT2D eigenvalue weighted by Gasteiger charge is -2.30. The van der Waals surface area contributed by atoms with Crippen LogP contribution in [0.3, 0.4) is 0 Å². The second kappa shape index (κ2) is 6.43. The molecular weight excluding hydrogens is 312 g/mol. The van der Waals surface area contributed by atoms with Gasteiger partial charge in [-0.1, -0.05) is 0 Å². The molecule has 2 N–H and O–H groups in total. The molecule has 8 heteroatoms. The zero-order valence-electron chi connectivity index (χ0n) is 12.2. The molecule has 2 rings (SSSR count). The summed E-state index contributed by atoms with van der Waals surface area (Å²) >= 11 is 1.10. The van der Waals surface area contributed by atoms with Crippen molar-refractivity contribution in [2.75, 3.05) is 26.7 Å². The Kier molecular flexibility index (Phi) is 5.03. The van der Waals surface area contributed by atoms with Crippen LogP contribution in [0, 0.1) is 12.8 Å². The normalized spacial score (nSPS) is 17.9. The van der Waals surface area contributed by atoms with Crippen molar-refractivity contribution >= 4 is 27.3 Å². The van der Waals surface area contributed by atoms with Gasteiger partial charge in [-0.15, -0.1) is 11.3 Å². The minimum absolute atomic E-state index is 0.0885. The summed E-state index contributed by atoms with van der Waals surface area (Å²) in [7, 11) is -2.41. The van der Waals surface area contributed by atoms with Gasteiger partial charge in [-0.25, -0.2) is 13.2 Å². The van der Waals surface area contributed by atoms with Crippen molar-refractivity contribution in [1.82, 2.24) is 4.31 Å². The molecule has 1 aliphatic heterocycles. The van der Waals surface area contributed by atoms with Crippen LogP contribution < -0.4 is 5.73 Å². The van der Waals surface area contributed by atoms with Crippen LogP contribution in [0.1, 0.15) is 28.1 Å². The van der Waals surface area contributed by atoms with E-state index in [1.165, 1.54) is 11.4 Å². The molecular formula is C13H20N2O4S2. The van der Waals surface area contributed by atoms with Gasteiger partial charge < -0.3 is 10.5 Å². The second-order valence-electron chi connectivity index (χ2n) is 5.15. The second-order valence-corrected chi connectivity index (χ2v) is 7.91. The van der Waals surface area contributed by atoms with E-state index in [-0.39, 0.29) is 9.77 Å². The van der Waals surface area contributed by atoms with Crippen LogP contribution in [-0.2, 0) is 14.8 Å². The molecule has 0 unspecified atom stereocenters. The Bertz CT molecular complexity index is 616. The molecule has 1 saturated heterocycles. The minimum atomic E-state index is -3.66. The molecule has 0 aromatic carbocycles. The van der Waals surface area contributed by atoms with Gasteiger partial charge in [0.1, 0.15) is 9.77 Å². The zero-order chi connectivity index (χ0) is 15.6. The Balaban J connectivity index is 2.32. The molecule has 0 amide bonds. The highest BCUT2D eigenvalue weighted by Gasteiger charge is 2.34. The number of nitrogens with two attached hydrogens (primary N) is 1. The third kappa shape index (κ3) is 3.13. The Morgan fingerprint density at radius 3 is 2.62 bits per heavy atom. The molecule has 0 radical (unpaired) electrons. The molecule has 0 saturated carbocycles. The summed E-state index contributed by atoms with van der Waals surface area (Å²) in [6, 6.07) is 0. The van der Waals surface area contributed by atoms with Crippen LogP contribution in [-0.4, -0.2) is 45.4 Å². The molecule has 21 heavy (non-hydrogen) atoms. The van der Waals surface area contributed by atoms with Gasteiger partial charge in [0.15, 0.2) is 0 Å². The van der Waals surface area contributed by atoms with Crippen LogP contribution >= 0.6 is 11.3 Å². The average molecular weight is 332 g/mol. The molecule has 1 aromatic rings. The number of nitrogens with zero attached hydrogens (tertiary/aromatic N) is 1. The monoisotopic (exact) mass is 332 g/mol. The Labute approximate surface area is 128 Å². The topological polar surface area (TPSA) is 89.7 Å². The molecule has 118 valence electrons. The van der Waals surface area contributed by atoms with Crippen LogP contribution in [0.5, 0.6) is 0 Å². The molecule has 0 bridgehead atoms. The fourth-order valence-electron chi connectivity index (χ4n) is 2.50. The summed E-state index contributed by atoms with van der Waals surface area (Å²) in [6.07, 6.45) is 1.51. The van der Waals surface area contributed by atoms with Gasteiger partial charge in [0.2, 0.25) is 10.0 Å². The van der Waals surface area contributed by atoms with Crippen molar-refractivity contribution in [3.05, 3.63) is 15.8 Å². The smallest absolute Gasteiger partial charge is 0.349 e. The van der Waals surface area contributed by atoms with E-state index in [0.29, 0.717) is 31.1 Å². The van der Waals surface area contributed by atoms with Crippen molar-refractivity contribution in [1.29, 1.82) is 0 Å². The van der Waals surface area contributed by atoms with Gasteiger partial charge in [0, 0.05) is 13.1 Å². The van der Waals surface area contributed by atoms with Gasteiger partial charge in [0.05, 0.1) is 7.11 Å². The number of hydrogen-bond acceptors (Lipinski definition) is 6. The van der Waals surface area contributed by atoms with E-state index >= 15 is 0 Å². The standard InChI is InChI=1S/C13H20N2O4S2/c1-9-8-20-11(13(16)19-2)12(9)21(17,18)15-5-3-10(7-14)4-6-15/h8,10H,3-7,14H2,1-2H3. The van der Waals surface area contributed by atoms with E-state index < -0.39 is 16.0 Å². The van der Waals surface area contributed by atoms with Crippen LogP contribution in [0.25, 0.3) is 0 Å². The molecule has 2 heterocycles. The quantitative estimate of drug-likeness (QED) is 0.837. The average Bonchev–Trinajstić information content (AvgIpc) is 2.89. The molecule has 0 aliphatic carbocycles. The predicted octanol–water partition coefficient (Wildman–Crippen LogP) is 1.20. The Morgan fingerprint density at radius 1 is 1.48 bits per heavy atom. The van der Waals surface area contributed by atoms with E-state index in [1.807, 2.05) is 0 Å². The fourth-order valence-corrected chi connectivity index (χ4v) is 5.63. The van der Waals surface area contributed by atoms with Crippen LogP contribution in [0.4, 0.5) is 0 Å². The van der Waals surface area contributed by atoms with E-state index in [9.17, 15) is 13.2 Å². The van der Waals surface area contributed by atoms with Crippen molar-refractivity contribution < 1.29 is 17.9 Å². The number of ether oxygens (including phenoxy) is 1. The lowest BCUT2D eigenvalue weighted by atomic mass is 9.99.